The second kappa shape index (κ2) is 8.55. The Balaban J connectivity index is 1.29. The summed E-state index contributed by atoms with van der Waals surface area (Å²) in [6, 6.07) is 16.0. The summed E-state index contributed by atoms with van der Waals surface area (Å²) in [4.78, 5) is 19.6. The summed E-state index contributed by atoms with van der Waals surface area (Å²) in [5.74, 6) is -0.380. The van der Waals surface area contributed by atoms with Gasteiger partial charge in [0.25, 0.3) is 5.91 Å². The average Bonchev–Trinajstić information content (AvgIpc) is 3.04. The van der Waals surface area contributed by atoms with E-state index >= 15 is 0 Å². The minimum Gasteiger partial charge on any atom is -0.493 e. The number of aromatic hydroxyl groups is 1. The molecule has 7 nitrogen and oxygen atoms in total. The van der Waals surface area contributed by atoms with E-state index in [0.717, 1.165) is 43.6 Å². The van der Waals surface area contributed by atoms with E-state index in [1.165, 1.54) is 11.1 Å². The monoisotopic (exact) mass is 391 g/mol. The van der Waals surface area contributed by atoms with Gasteiger partial charge in [-0.1, -0.05) is 48.0 Å². The van der Waals surface area contributed by atoms with Crippen molar-refractivity contribution < 1.29 is 9.90 Å². The molecule has 1 aliphatic rings. The minimum absolute atomic E-state index is 0.0764. The topological polar surface area (TPSA) is 84.3 Å². The fraction of sp³-hybridized carbons (Fsp3) is 0.318. The van der Waals surface area contributed by atoms with Crippen LogP contribution >= 0.6 is 0 Å². The summed E-state index contributed by atoms with van der Waals surface area (Å²) < 4.78 is 0. The Morgan fingerprint density at radius 2 is 1.72 bits per heavy atom. The second-order valence-electron chi connectivity index (χ2n) is 7.50. The lowest BCUT2D eigenvalue weighted by Gasteiger charge is -2.33. The molecule has 1 saturated heterocycles. The van der Waals surface area contributed by atoms with E-state index in [1.54, 1.807) is 0 Å². The SMILES string of the molecule is Cc1ccc(CN2CCN(CC(=O)N=Nc3c(O)[nH]c4ccccc34)CC2)cc1. The number of hydrogen-bond donors (Lipinski definition) is 2. The Bertz CT molecular complexity index is 1020. The van der Waals surface area contributed by atoms with Crippen LogP contribution in [0.15, 0.2) is 58.8 Å². The maximum Gasteiger partial charge on any atom is 0.278 e. The molecule has 0 radical (unpaired) electrons. The van der Waals surface area contributed by atoms with Crippen molar-refractivity contribution in [3.05, 3.63) is 59.7 Å². The number of azo groups is 1. The summed E-state index contributed by atoms with van der Waals surface area (Å²) in [6.45, 7) is 6.75. The normalized spacial score (nSPS) is 16.0. The van der Waals surface area contributed by atoms with Crippen molar-refractivity contribution in [3.63, 3.8) is 0 Å². The molecule has 1 amide bonds. The molecule has 4 rings (SSSR count). The Morgan fingerprint density at radius 1 is 1.03 bits per heavy atom. The highest BCUT2D eigenvalue weighted by molar-refractivity contribution is 5.94. The zero-order valence-electron chi connectivity index (χ0n) is 16.5. The van der Waals surface area contributed by atoms with E-state index in [2.05, 4.69) is 56.2 Å². The summed E-state index contributed by atoms with van der Waals surface area (Å²) in [7, 11) is 0. The van der Waals surface area contributed by atoms with Crippen molar-refractivity contribution in [2.75, 3.05) is 32.7 Å². The summed E-state index contributed by atoms with van der Waals surface area (Å²) in [5.41, 5.74) is 3.65. The number of rotatable bonds is 5. The van der Waals surface area contributed by atoms with Crippen molar-refractivity contribution in [2.45, 2.75) is 13.5 Å². The first-order valence-corrected chi connectivity index (χ1v) is 9.83. The van der Waals surface area contributed by atoms with Crippen LogP contribution in [-0.2, 0) is 11.3 Å². The van der Waals surface area contributed by atoms with Crippen LogP contribution in [0, 0.1) is 6.92 Å². The van der Waals surface area contributed by atoms with Gasteiger partial charge in [-0.15, -0.1) is 10.2 Å². The number of para-hydroxylation sites is 1. The molecule has 2 N–H and O–H groups in total. The number of aryl methyl sites for hydroxylation is 1. The van der Waals surface area contributed by atoms with Gasteiger partial charge < -0.3 is 10.1 Å². The van der Waals surface area contributed by atoms with Crippen LogP contribution in [0.1, 0.15) is 11.1 Å². The van der Waals surface area contributed by atoms with Crippen LogP contribution in [0.3, 0.4) is 0 Å². The molecule has 29 heavy (non-hydrogen) atoms. The summed E-state index contributed by atoms with van der Waals surface area (Å²) in [6.07, 6.45) is 0. The van der Waals surface area contributed by atoms with Gasteiger partial charge in [-0.25, -0.2) is 0 Å². The van der Waals surface area contributed by atoms with Gasteiger partial charge in [0.1, 0.15) is 0 Å². The smallest absolute Gasteiger partial charge is 0.278 e. The molecule has 0 bridgehead atoms. The highest BCUT2D eigenvalue weighted by atomic mass is 16.3. The zero-order chi connectivity index (χ0) is 20.2. The van der Waals surface area contributed by atoms with E-state index in [-0.39, 0.29) is 18.3 Å². The number of nitrogens with zero attached hydrogens (tertiary/aromatic N) is 4. The number of amides is 1. The number of benzene rings is 2. The van der Waals surface area contributed by atoms with E-state index in [1.807, 2.05) is 24.3 Å². The lowest BCUT2D eigenvalue weighted by Crippen LogP contribution is -2.47. The third-order valence-electron chi connectivity index (χ3n) is 5.27. The molecular formula is C22H25N5O2. The predicted octanol–water partition coefficient (Wildman–Crippen LogP) is 3.61. The lowest BCUT2D eigenvalue weighted by molar-refractivity contribution is -0.119. The molecule has 0 atom stereocenters. The largest absolute Gasteiger partial charge is 0.493 e. The zero-order valence-corrected chi connectivity index (χ0v) is 16.5. The first kappa shape index (κ1) is 19.3. The molecule has 0 aliphatic carbocycles. The van der Waals surface area contributed by atoms with Crippen LogP contribution in [0.5, 0.6) is 5.88 Å². The first-order chi connectivity index (χ1) is 14.1. The molecule has 0 saturated carbocycles. The van der Waals surface area contributed by atoms with E-state index < -0.39 is 0 Å². The third-order valence-corrected chi connectivity index (χ3v) is 5.27. The van der Waals surface area contributed by atoms with Crippen LogP contribution in [-0.4, -0.2) is 58.5 Å². The molecule has 3 aromatic rings. The van der Waals surface area contributed by atoms with Crippen molar-refractivity contribution in [2.24, 2.45) is 10.2 Å². The molecule has 150 valence electrons. The van der Waals surface area contributed by atoms with Crippen LogP contribution in [0.4, 0.5) is 5.69 Å². The quantitative estimate of drug-likeness (QED) is 0.651. The Morgan fingerprint density at radius 3 is 2.48 bits per heavy atom. The predicted molar refractivity (Wildman–Crippen MR) is 112 cm³/mol. The van der Waals surface area contributed by atoms with Gasteiger partial charge in [-0.3, -0.25) is 14.6 Å². The number of hydrogen-bond acceptors (Lipinski definition) is 5. The molecule has 2 heterocycles. The van der Waals surface area contributed by atoms with E-state index in [0.29, 0.717) is 5.69 Å². The number of aromatic amines is 1. The molecule has 1 aliphatic heterocycles. The van der Waals surface area contributed by atoms with Crippen molar-refractivity contribution in [1.82, 2.24) is 14.8 Å². The average molecular weight is 391 g/mol. The maximum absolute atomic E-state index is 12.3. The maximum atomic E-state index is 12.3. The van der Waals surface area contributed by atoms with Crippen molar-refractivity contribution >= 4 is 22.5 Å². The fourth-order valence-electron chi connectivity index (χ4n) is 3.60. The molecular weight excluding hydrogens is 366 g/mol. The van der Waals surface area contributed by atoms with Gasteiger partial charge in [-0.2, -0.15) is 0 Å². The third kappa shape index (κ3) is 4.70. The molecule has 2 aromatic carbocycles. The second-order valence-corrected chi connectivity index (χ2v) is 7.50. The van der Waals surface area contributed by atoms with Crippen LogP contribution < -0.4 is 0 Å². The van der Waals surface area contributed by atoms with Gasteiger partial charge in [0, 0.05) is 38.1 Å². The number of piperazine rings is 1. The number of aromatic nitrogens is 1. The number of carbonyl (C=O) groups is 1. The van der Waals surface area contributed by atoms with Gasteiger partial charge in [-0.05, 0) is 18.6 Å². The Kier molecular flexibility index (Phi) is 5.69. The van der Waals surface area contributed by atoms with E-state index in [9.17, 15) is 9.90 Å². The Hall–Kier alpha value is -3.03. The number of fused-ring (bicyclic) bond motifs is 1. The van der Waals surface area contributed by atoms with Gasteiger partial charge in [0.2, 0.25) is 5.88 Å². The highest BCUT2D eigenvalue weighted by Crippen LogP contribution is 2.35. The fourth-order valence-corrected chi connectivity index (χ4v) is 3.60. The minimum atomic E-state index is -0.304. The molecule has 1 fully saturated rings. The molecule has 1 aromatic heterocycles. The van der Waals surface area contributed by atoms with Crippen LogP contribution in [0.2, 0.25) is 0 Å². The van der Waals surface area contributed by atoms with Gasteiger partial charge in [0.15, 0.2) is 5.69 Å². The summed E-state index contributed by atoms with van der Waals surface area (Å²) in [5, 5.41) is 18.6. The van der Waals surface area contributed by atoms with Crippen LogP contribution in [0.25, 0.3) is 10.9 Å². The van der Waals surface area contributed by atoms with Crippen molar-refractivity contribution in [1.29, 1.82) is 0 Å². The number of carbonyl (C=O) groups excluding carboxylic acids is 1. The number of H-pyrrole nitrogens is 1. The summed E-state index contributed by atoms with van der Waals surface area (Å²) >= 11 is 0. The number of nitrogens with one attached hydrogen (secondary N) is 1. The molecule has 7 heteroatoms. The lowest BCUT2D eigenvalue weighted by atomic mass is 10.1. The van der Waals surface area contributed by atoms with E-state index in [4.69, 9.17) is 0 Å². The van der Waals surface area contributed by atoms with Gasteiger partial charge in [0.05, 0.1) is 12.1 Å². The Labute approximate surface area is 169 Å². The van der Waals surface area contributed by atoms with Crippen molar-refractivity contribution in [3.8, 4) is 5.88 Å². The molecule has 0 spiro atoms. The molecule has 0 unspecified atom stereocenters. The standard InChI is InChI=1S/C22H25N5O2/c1-16-6-8-17(9-7-16)14-26-10-12-27(13-11-26)15-20(28)24-25-21-18-4-2-3-5-19(18)23-22(21)29/h2-9,23,29H,10-15H2,1H3. The first-order valence-electron chi connectivity index (χ1n) is 9.83. The highest BCUT2D eigenvalue weighted by Gasteiger charge is 2.19. The van der Waals surface area contributed by atoms with Gasteiger partial charge >= 0.3 is 0 Å².